The van der Waals surface area contributed by atoms with Crippen molar-refractivity contribution in [1.29, 1.82) is 0 Å². The van der Waals surface area contributed by atoms with E-state index in [1.54, 1.807) is 7.11 Å². The van der Waals surface area contributed by atoms with Gasteiger partial charge >= 0.3 is 7.12 Å². The Morgan fingerprint density at radius 3 is 2.23 bits per heavy atom. The van der Waals surface area contributed by atoms with E-state index in [4.69, 9.17) is 9.31 Å². The molecule has 0 radical (unpaired) electrons. The van der Waals surface area contributed by atoms with Gasteiger partial charge in [-0.2, -0.15) is 0 Å². The van der Waals surface area contributed by atoms with Crippen LogP contribution in [-0.4, -0.2) is 20.3 Å². The van der Waals surface area contributed by atoms with E-state index in [1.807, 2.05) is 0 Å². The van der Waals surface area contributed by atoms with Crippen molar-refractivity contribution in [1.82, 2.24) is 0 Å². The van der Waals surface area contributed by atoms with E-state index in [0.717, 1.165) is 0 Å². The third kappa shape index (κ3) is 3.69. The van der Waals surface area contributed by atoms with Crippen molar-refractivity contribution in [3.05, 3.63) is 0 Å². The predicted octanol–water partition coefficient (Wildman–Crippen LogP) is 2.88. The van der Waals surface area contributed by atoms with Gasteiger partial charge in [-0.25, -0.2) is 0 Å². The molecule has 0 bridgehead atoms. The van der Waals surface area contributed by atoms with Gasteiger partial charge in [-0.05, 0) is 19.7 Å². The Kier molecular flexibility index (Phi) is 4.82. The summed E-state index contributed by atoms with van der Waals surface area (Å²) in [5, 5.41) is 0. The van der Waals surface area contributed by atoms with Crippen molar-refractivity contribution in [2.75, 3.05) is 7.11 Å². The van der Waals surface area contributed by atoms with Gasteiger partial charge in [-0.3, -0.25) is 0 Å². The Labute approximate surface area is 82.1 Å². The minimum Gasteiger partial charge on any atom is -0.414 e. The SMILES string of the molecule is COB(OC(C)C)C1CCCCC1. The maximum absolute atomic E-state index is 5.72. The molecule has 1 rings (SSSR count). The molecule has 0 atom stereocenters. The van der Waals surface area contributed by atoms with E-state index in [-0.39, 0.29) is 13.2 Å². The zero-order valence-corrected chi connectivity index (χ0v) is 9.08. The van der Waals surface area contributed by atoms with Crippen molar-refractivity contribution in [2.45, 2.75) is 57.9 Å². The average Bonchev–Trinajstić information content (AvgIpc) is 2.15. The molecule has 76 valence electrons. The van der Waals surface area contributed by atoms with E-state index in [9.17, 15) is 0 Å². The summed E-state index contributed by atoms with van der Waals surface area (Å²) in [5.74, 6) is 0.626. The molecule has 0 aliphatic heterocycles. The van der Waals surface area contributed by atoms with Gasteiger partial charge < -0.3 is 9.31 Å². The zero-order valence-electron chi connectivity index (χ0n) is 9.08. The van der Waals surface area contributed by atoms with Crippen LogP contribution in [0.5, 0.6) is 0 Å². The predicted molar refractivity (Wildman–Crippen MR) is 55.8 cm³/mol. The third-order valence-electron chi connectivity index (χ3n) is 2.67. The lowest BCUT2D eigenvalue weighted by Crippen LogP contribution is -2.31. The van der Waals surface area contributed by atoms with Gasteiger partial charge in [-0.1, -0.05) is 32.1 Å². The third-order valence-corrected chi connectivity index (χ3v) is 2.67. The first-order valence-electron chi connectivity index (χ1n) is 5.42. The quantitative estimate of drug-likeness (QED) is 0.625. The highest BCUT2D eigenvalue weighted by molar-refractivity contribution is 6.46. The molecule has 1 fully saturated rings. The van der Waals surface area contributed by atoms with Gasteiger partial charge in [0.15, 0.2) is 0 Å². The summed E-state index contributed by atoms with van der Waals surface area (Å²) >= 11 is 0. The summed E-state index contributed by atoms with van der Waals surface area (Å²) in [5.41, 5.74) is 0. The van der Waals surface area contributed by atoms with Crippen LogP contribution in [0, 0.1) is 0 Å². The van der Waals surface area contributed by atoms with Crippen molar-refractivity contribution in [3.63, 3.8) is 0 Å². The highest BCUT2D eigenvalue weighted by atomic mass is 16.6. The lowest BCUT2D eigenvalue weighted by atomic mass is 9.64. The first-order chi connectivity index (χ1) is 6.24. The summed E-state index contributed by atoms with van der Waals surface area (Å²) in [7, 11) is 1.78. The molecule has 3 heteroatoms. The second-order valence-corrected chi connectivity index (χ2v) is 4.19. The normalized spacial score (nSPS) is 19.4. The Morgan fingerprint density at radius 2 is 1.77 bits per heavy atom. The van der Waals surface area contributed by atoms with Crippen molar-refractivity contribution < 1.29 is 9.31 Å². The van der Waals surface area contributed by atoms with Gasteiger partial charge in [-0.15, -0.1) is 0 Å². The van der Waals surface area contributed by atoms with Crippen LogP contribution in [-0.2, 0) is 9.31 Å². The molecule has 0 amide bonds. The smallest absolute Gasteiger partial charge is 0.414 e. The monoisotopic (exact) mass is 184 g/mol. The first kappa shape index (κ1) is 11.1. The number of hydrogen-bond donors (Lipinski definition) is 0. The maximum atomic E-state index is 5.72. The molecule has 13 heavy (non-hydrogen) atoms. The molecule has 1 aliphatic carbocycles. The van der Waals surface area contributed by atoms with Gasteiger partial charge in [0.2, 0.25) is 0 Å². The topological polar surface area (TPSA) is 18.5 Å². The Balaban J connectivity index is 2.34. The highest BCUT2D eigenvalue weighted by Gasteiger charge is 2.30. The molecule has 1 saturated carbocycles. The Hall–Kier alpha value is -0.0151. The molecule has 0 aromatic carbocycles. The van der Waals surface area contributed by atoms with Crippen molar-refractivity contribution >= 4 is 7.12 Å². The molecule has 2 nitrogen and oxygen atoms in total. The molecule has 0 heterocycles. The summed E-state index contributed by atoms with van der Waals surface area (Å²) in [6.45, 7) is 4.13. The molecule has 1 aliphatic rings. The van der Waals surface area contributed by atoms with Crippen LogP contribution in [0.2, 0.25) is 5.82 Å². The molecule has 0 unspecified atom stereocenters. The van der Waals surface area contributed by atoms with Crippen molar-refractivity contribution in [2.24, 2.45) is 0 Å². The Morgan fingerprint density at radius 1 is 1.15 bits per heavy atom. The van der Waals surface area contributed by atoms with E-state index in [2.05, 4.69) is 13.8 Å². The van der Waals surface area contributed by atoms with Gasteiger partial charge in [0.1, 0.15) is 0 Å². The van der Waals surface area contributed by atoms with Crippen LogP contribution in [0.1, 0.15) is 46.0 Å². The lowest BCUT2D eigenvalue weighted by Gasteiger charge is -2.26. The molecule has 0 N–H and O–H groups in total. The number of hydrogen-bond acceptors (Lipinski definition) is 2. The van der Waals surface area contributed by atoms with Gasteiger partial charge in [0, 0.05) is 13.2 Å². The van der Waals surface area contributed by atoms with Crippen LogP contribution in [0.25, 0.3) is 0 Å². The molecular weight excluding hydrogens is 163 g/mol. The van der Waals surface area contributed by atoms with Gasteiger partial charge in [0.05, 0.1) is 0 Å². The second kappa shape index (κ2) is 5.66. The fourth-order valence-corrected chi connectivity index (χ4v) is 2.03. The molecule has 0 spiro atoms. The van der Waals surface area contributed by atoms with E-state index in [1.165, 1.54) is 32.1 Å². The maximum Gasteiger partial charge on any atom is 0.460 e. The number of rotatable bonds is 4. The van der Waals surface area contributed by atoms with E-state index >= 15 is 0 Å². The largest absolute Gasteiger partial charge is 0.460 e. The standard InChI is InChI=1S/C10H21BO2/c1-9(2)13-11(12-3)10-7-5-4-6-8-10/h9-10H,4-8H2,1-3H3. The summed E-state index contributed by atoms with van der Waals surface area (Å²) in [6, 6.07) is 0. The first-order valence-corrected chi connectivity index (χ1v) is 5.42. The molecule has 0 saturated heterocycles. The molecule has 0 aromatic heterocycles. The lowest BCUT2D eigenvalue weighted by molar-refractivity contribution is 0.165. The second-order valence-electron chi connectivity index (χ2n) is 4.19. The van der Waals surface area contributed by atoms with Crippen LogP contribution in [0.3, 0.4) is 0 Å². The van der Waals surface area contributed by atoms with Gasteiger partial charge in [0.25, 0.3) is 0 Å². The summed E-state index contributed by atoms with van der Waals surface area (Å²) in [4.78, 5) is 0. The molecular formula is C10H21BO2. The highest BCUT2D eigenvalue weighted by Crippen LogP contribution is 2.31. The fraction of sp³-hybridized carbons (Fsp3) is 1.00. The molecule has 0 aromatic rings. The van der Waals surface area contributed by atoms with E-state index in [0.29, 0.717) is 5.82 Å². The summed E-state index contributed by atoms with van der Waals surface area (Å²) in [6.07, 6.45) is 6.87. The van der Waals surface area contributed by atoms with E-state index < -0.39 is 0 Å². The van der Waals surface area contributed by atoms with Crippen LogP contribution >= 0.6 is 0 Å². The Bertz CT molecular complexity index is 133. The zero-order chi connectivity index (χ0) is 9.68. The van der Waals surface area contributed by atoms with Crippen LogP contribution in [0.4, 0.5) is 0 Å². The average molecular weight is 184 g/mol. The minimum absolute atomic E-state index is 0.0281. The van der Waals surface area contributed by atoms with Crippen LogP contribution < -0.4 is 0 Å². The summed E-state index contributed by atoms with van der Waals surface area (Å²) < 4.78 is 11.1. The van der Waals surface area contributed by atoms with Crippen LogP contribution in [0.15, 0.2) is 0 Å². The fourth-order valence-electron chi connectivity index (χ4n) is 2.03. The minimum atomic E-state index is 0.0281. The van der Waals surface area contributed by atoms with Crippen molar-refractivity contribution in [3.8, 4) is 0 Å².